The van der Waals surface area contributed by atoms with Gasteiger partial charge in [-0.15, -0.1) is 0 Å². The minimum absolute atomic E-state index is 0.104. The topological polar surface area (TPSA) is 50.8 Å². The van der Waals surface area contributed by atoms with Crippen molar-refractivity contribution in [1.29, 1.82) is 0 Å². The molecule has 2 unspecified atom stereocenters. The number of hydrogen-bond donors (Lipinski definition) is 1. The Labute approximate surface area is 115 Å². The fourth-order valence-corrected chi connectivity index (χ4v) is 2.82. The van der Waals surface area contributed by atoms with Gasteiger partial charge in [-0.05, 0) is 39.2 Å². The molecule has 5 nitrogen and oxygen atoms in total. The van der Waals surface area contributed by atoms with Crippen LogP contribution in [-0.2, 0) is 14.3 Å². The molecule has 2 atom stereocenters. The van der Waals surface area contributed by atoms with Crippen molar-refractivity contribution in [2.24, 2.45) is 0 Å². The van der Waals surface area contributed by atoms with Crippen molar-refractivity contribution < 1.29 is 14.3 Å². The van der Waals surface area contributed by atoms with E-state index in [2.05, 4.69) is 10.2 Å². The molecule has 2 aliphatic heterocycles. The van der Waals surface area contributed by atoms with Crippen LogP contribution < -0.4 is 5.32 Å². The Hall–Kier alpha value is -0.650. The molecule has 2 rings (SSSR count). The molecule has 2 fully saturated rings. The van der Waals surface area contributed by atoms with E-state index in [0.717, 1.165) is 52.0 Å². The molecule has 0 spiro atoms. The van der Waals surface area contributed by atoms with E-state index in [9.17, 15) is 4.79 Å². The van der Waals surface area contributed by atoms with E-state index in [1.807, 2.05) is 6.92 Å². The summed E-state index contributed by atoms with van der Waals surface area (Å²) >= 11 is 0. The average Bonchev–Trinajstić information content (AvgIpc) is 2.90. The number of hydrogen-bond acceptors (Lipinski definition) is 4. The van der Waals surface area contributed by atoms with Crippen LogP contribution in [0, 0.1) is 0 Å². The lowest BCUT2D eigenvalue weighted by Gasteiger charge is -2.31. The largest absolute Gasteiger partial charge is 0.377 e. The summed E-state index contributed by atoms with van der Waals surface area (Å²) in [6.07, 6.45) is 4.93. The summed E-state index contributed by atoms with van der Waals surface area (Å²) in [6, 6.07) is 0. The lowest BCUT2D eigenvalue weighted by atomic mass is 10.1. The van der Waals surface area contributed by atoms with E-state index < -0.39 is 0 Å². The molecule has 0 aromatic heterocycles. The number of carbonyl (C=O) groups is 1. The third kappa shape index (κ3) is 5.09. The van der Waals surface area contributed by atoms with Gasteiger partial charge in [0.2, 0.25) is 5.91 Å². The Bertz CT molecular complexity index is 278. The van der Waals surface area contributed by atoms with Crippen LogP contribution in [0.15, 0.2) is 0 Å². The maximum atomic E-state index is 11.9. The summed E-state index contributed by atoms with van der Waals surface area (Å²) in [5.41, 5.74) is 0. The van der Waals surface area contributed by atoms with Crippen molar-refractivity contribution >= 4 is 5.91 Å². The maximum Gasteiger partial charge on any atom is 0.234 e. The zero-order valence-electron chi connectivity index (χ0n) is 11.9. The Morgan fingerprint density at radius 1 is 1.42 bits per heavy atom. The summed E-state index contributed by atoms with van der Waals surface area (Å²) < 4.78 is 11.1. The molecule has 0 bridgehead atoms. The van der Waals surface area contributed by atoms with Crippen molar-refractivity contribution in [3.05, 3.63) is 0 Å². The van der Waals surface area contributed by atoms with E-state index in [4.69, 9.17) is 9.47 Å². The first-order valence-electron chi connectivity index (χ1n) is 7.50. The number of carbonyl (C=O) groups excluding carboxylic acids is 1. The van der Waals surface area contributed by atoms with Crippen molar-refractivity contribution in [2.75, 3.05) is 39.4 Å². The van der Waals surface area contributed by atoms with Crippen LogP contribution in [0.4, 0.5) is 0 Å². The number of nitrogens with one attached hydrogen (secondary N) is 1. The number of amides is 1. The lowest BCUT2D eigenvalue weighted by molar-refractivity contribution is -0.123. The van der Waals surface area contributed by atoms with Gasteiger partial charge in [0.05, 0.1) is 18.8 Å². The van der Waals surface area contributed by atoms with Gasteiger partial charge in [-0.1, -0.05) is 0 Å². The molecule has 110 valence electrons. The highest BCUT2D eigenvalue weighted by Gasteiger charge is 2.22. The molecule has 1 N–H and O–H groups in total. The summed E-state index contributed by atoms with van der Waals surface area (Å²) in [5, 5.41) is 2.97. The summed E-state index contributed by atoms with van der Waals surface area (Å²) in [4.78, 5) is 14.1. The second-order valence-electron chi connectivity index (χ2n) is 5.39. The van der Waals surface area contributed by atoms with E-state index in [0.29, 0.717) is 19.2 Å². The molecule has 0 aliphatic carbocycles. The number of ether oxygens (including phenoxy) is 2. The standard InChI is InChI=1S/C14H26N2O3/c1-2-18-13-5-3-7-16(10-13)11-14(17)15-9-12-6-4-8-19-12/h12-13H,2-11H2,1H3,(H,15,17). The predicted molar refractivity (Wildman–Crippen MR) is 73.1 cm³/mol. The monoisotopic (exact) mass is 270 g/mol. The summed E-state index contributed by atoms with van der Waals surface area (Å²) in [5.74, 6) is 0.104. The molecule has 2 aliphatic rings. The van der Waals surface area contributed by atoms with Crippen LogP contribution in [0.5, 0.6) is 0 Å². The number of piperidine rings is 1. The summed E-state index contributed by atoms with van der Waals surface area (Å²) in [6.45, 7) is 6.62. The Balaban J connectivity index is 1.63. The molecule has 1 amide bonds. The Morgan fingerprint density at radius 3 is 3.05 bits per heavy atom. The molecule has 19 heavy (non-hydrogen) atoms. The maximum absolute atomic E-state index is 11.9. The number of likely N-dealkylation sites (tertiary alicyclic amines) is 1. The minimum atomic E-state index is 0.104. The van der Waals surface area contributed by atoms with Crippen molar-refractivity contribution in [2.45, 2.75) is 44.8 Å². The Morgan fingerprint density at radius 2 is 2.32 bits per heavy atom. The molecule has 2 saturated heterocycles. The fourth-order valence-electron chi connectivity index (χ4n) is 2.82. The van der Waals surface area contributed by atoms with Gasteiger partial charge < -0.3 is 14.8 Å². The molecular formula is C14H26N2O3. The van der Waals surface area contributed by atoms with E-state index in [-0.39, 0.29) is 12.0 Å². The van der Waals surface area contributed by atoms with Gasteiger partial charge in [-0.2, -0.15) is 0 Å². The third-order valence-corrected chi connectivity index (χ3v) is 3.78. The highest BCUT2D eigenvalue weighted by Crippen LogP contribution is 2.13. The van der Waals surface area contributed by atoms with Crippen molar-refractivity contribution in [3.63, 3.8) is 0 Å². The zero-order valence-corrected chi connectivity index (χ0v) is 11.9. The van der Waals surface area contributed by atoms with Crippen molar-refractivity contribution in [3.8, 4) is 0 Å². The SMILES string of the molecule is CCOC1CCCN(CC(=O)NCC2CCCO2)C1. The highest BCUT2D eigenvalue weighted by atomic mass is 16.5. The Kier molecular flexibility index (Phi) is 6.07. The first-order valence-corrected chi connectivity index (χ1v) is 7.50. The zero-order chi connectivity index (χ0) is 13.5. The second-order valence-corrected chi connectivity index (χ2v) is 5.39. The van der Waals surface area contributed by atoms with E-state index >= 15 is 0 Å². The second kappa shape index (κ2) is 7.82. The fraction of sp³-hybridized carbons (Fsp3) is 0.929. The first-order chi connectivity index (χ1) is 9.28. The lowest BCUT2D eigenvalue weighted by Crippen LogP contribution is -2.46. The summed E-state index contributed by atoms with van der Waals surface area (Å²) in [7, 11) is 0. The normalized spacial score (nSPS) is 28.5. The quantitative estimate of drug-likeness (QED) is 0.775. The van der Waals surface area contributed by atoms with Gasteiger partial charge in [-0.25, -0.2) is 0 Å². The van der Waals surface area contributed by atoms with Gasteiger partial charge in [0.15, 0.2) is 0 Å². The van der Waals surface area contributed by atoms with Gasteiger partial charge in [0.1, 0.15) is 0 Å². The van der Waals surface area contributed by atoms with Crippen LogP contribution in [0.3, 0.4) is 0 Å². The number of rotatable bonds is 6. The van der Waals surface area contributed by atoms with Crippen LogP contribution in [-0.4, -0.2) is 62.4 Å². The van der Waals surface area contributed by atoms with Gasteiger partial charge in [0.25, 0.3) is 0 Å². The van der Waals surface area contributed by atoms with E-state index in [1.165, 1.54) is 0 Å². The van der Waals surface area contributed by atoms with Gasteiger partial charge in [-0.3, -0.25) is 9.69 Å². The van der Waals surface area contributed by atoms with E-state index in [1.54, 1.807) is 0 Å². The molecule has 0 saturated carbocycles. The molecular weight excluding hydrogens is 244 g/mol. The predicted octanol–water partition coefficient (Wildman–Crippen LogP) is 0.783. The first kappa shape index (κ1) is 14.8. The van der Waals surface area contributed by atoms with Crippen LogP contribution >= 0.6 is 0 Å². The third-order valence-electron chi connectivity index (χ3n) is 3.78. The molecule has 0 aromatic carbocycles. The van der Waals surface area contributed by atoms with Crippen LogP contribution in [0.25, 0.3) is 0 Å². The highest BCUT2D eigenvalue weighted by molar-refractivity contribution is 5.78. The minimum Gasteiger partial charge on any atom is -0.377 e. The number of nitrogens with zero attached hydrogens (tertiary/aromatic N) is 1. The molecule has 2 heterocycles. The van der Waals surface area contributed by atoms with Gasteiger partial charge >= 0.3 is 0 Å². The smallest absolute Gasteiger partial charge is 0.234 e. The average molecular weight is 270 g/mol. The van der Waals surface area contributed by atoms with Crippen LogP contribution in [0.2, 0.25) is 0 Å². The molecule has 5 heteroatoms. The van der Waals surface area contributed by atoms with Crippen molar-refractivity contribution in [1.82, 2.24) is 10.2 Å². The van der Waals surface area contributed by atoms with Crippen LogP contribution in [0.1, 0.15) is 32.6 Å². The molecule has 0 radical (unpaired) electrons. The molecule has 0 aromatic rings. The van der Waals surface area contributed by atoms with Gasteiger partial charge in [0, 0.05) is 26.3 Å².